The van der Waals surface area contributed by atoms with Crippen molar-refractivity contribution < 1.29 is 18.3 Å². The minimum Gasteiger partial charge on any atom is -0.481 e. The minimum absolute atomic E-state index is 0.0523. The molecule has 7 heteroatoms. The van der Waals surface area contributed by atoms with Crippen molar-refractivity contribution in [1.82, 2.24) is 0 Å². The fourth-order valence-electron chi connectivity index (χ4n) is 2.20. The Balaban J connectivity index is 2.19. The number of rotatable bonds is 3. The molecule has 1 aliphatic rings. The average molecular weight is 284 g/mol. The molecule has 2 rings (SSSR count). The minimum atomic E-state index is -3.69. The molecule has 19 heavy (non-hydrogen) atoms. The number of hydrogen-bond acceptors (Lipinski definition) is 4. The van der Waals surface area contributed by atoms with E-state index < -0.39 is 21.4 Å². The van der Waals surface area contributed by atoms with Crippen molar-refractivity contribution in [3.8, 4) is 0 Å². The second-order valence-corrected chi connectivity index (χ2v) is 6.64. The summed E-state index contributed by atoms with van der Waals surface area (Å²) < 4.78 is 22.3. The van der Waals surface area contributed by atoms with Gasteiger partial charge in [0.25, 0.3) is 0 Å². The summed E-state index contributed by atoms with van der Waals surface area (Å²) in [7, 11) is -3.69. The third-order valence-corrected chi connectivity index (χ3v) is 4.45. The average Bonchev–Trinajstić information content (AvgIpc) is 2.72. The fraction of sp³-hybridized carbons (Fsp3) is 0.417. The second kappa shape index (κ2) is 4.50. The van der Waals surface area contributed by atoms with Crippen LogP contribution in [0.2, 0.25) is 0 Å². The van der Waals surface area contributed by atoms with Gasteiger partial charge >= 0.3 is 5.97 Å². The Morgan fingerprint density at radius 2 is 1.95 bits per heavy atom. The lowest BCUT2D eigenvalue weighted by molar-refractivity contribution is -0.146. The fourth-order valence-corrected chi connectivity index (χ4v) is 2.72. The van der Waals surface area contributed by atoms with Gasteiger partial charge in [-0.2, -0.15) is 0 Å². The molecule has 0 aromatic heterocycles. The zero-order valence-corrected chi connectivity index (χ0v) is 11.4. The van der Waals surface area contributed by atoms with Crippen LogP contribution < -0.4 is 10.0 Å². The van der Waals surface area contributed by atoms with Crippen molar-refractivity contribution in [1.29, 1.82) is 0 Å². The second-order valence-electron chi connectivity index (χ2n) is 5.08. The van der Waals surface area contributed by atoms with Gasteiger partial charge in [-0.15, -0.1) is 0 Å². The predicted octanol–water partition coefficient (Wildman–Crippen LogP) is 0.635. The lowest BCUT2D eigenvalue weighted by atomic mass is 9.90. The molecule has 1 fully saturated rings. The van der Waals surface area contributed by atoms with Crippen LogP contribution in [0.1, 0.15) is 13.3 Å². The van der Waals surface area contributed by atoms with E-state index in [1.807, 2.05) is 4.90 Å². The molecule has 1 unspecified atom stereocenters. The number of anilines is 1. The van der Waals surface area contributed by atoms with Gasteiger partial charge in [0.1, 0.15) is 0 Å². The lowest BCUT2D eigenvalue weighted by Gasteiger charge is -2.21. The smallest absolute Gasteiger partial charge is 0.311 e. The summed E-state index contributed by atoms with van der Waals surface area (Å²) in [6, 6.07) is 6.16. The number of carbonyl (C=O) groups is 1. The summed E-state index contributed by atoms with van der Waals surface area (Å²) in [4.78, 5) is 13.1. The summed E-state index contributed by atoms with van der Waals surface area (Å²) >= 11 is 0. The first-order chi connectivity index (χ1) is 8.72. The normalized spacial score (nSPS) is 23.6. The first-order valence-corrected chi connectivity index (χ1v) is 7.38. The number of primary sulfonamides is 1. The summed E-state index contributed by atoms with van der Waals surface area (Å²) in [5, 5.41) is 14.2. The van der Waals surface area contributed by atoms with Crippen LogP contribution in [0.25, 0.3) is 0 Å². The van der Waals surface area contributed by atoms with E-state index in [0.717, 1.165) is 5.69 Å². The molecule has 1 aromatic rings. The topological polar surface area (TPSA) is 101 Å². The van der Waals surface area contributed by atoms with Crippen LogP contribution in [0.5, 0.6) is 0 Å². The first kappa shape index (κ1) is 13.8. The quantitative estimate of drug-likeness (QED) is 0.848. The molecular weight excluding hydrogens is 268 g/mol. The highest BCUT2D eigenvalue weighted by atomic mass is 32.2. The third-order valence-electron chi connectivity index (χ3n) is 3.52. The molecular formula is C12H16N2O4S. The van der Waals surface area contributed by atoms with Crippen LogP contribution in [0.15, 0.2) is 29.2 Å². The highest BCUT2D eigenvalue weighted by molar-refractivity contribution is 7.89. The van der Waals surface area contributed by atoms with Crippen LogP contribution in [0, 0.1) is 5.41 Å². The Morgan fingerprint density at radius 1 is 1.37 bits per heavy atom. The predicted molar refractivity (Wildman–Crippen MR) is 70.4 cm³/mol. The molecule has 1 heterocycles. The number of carboxylic acids is 1. The maximum Gasteiger partial charge on any atom is 0.311 e. The van der Waals surface area contributed by atoms with Gasteiger partial charge in [0.2, 0.25) is 10.0 Å². The molecule has 0 radical (unpaired) electrons. The van der Waals surface area contributed by atoms with E-state index in [9.17, 15) is 13.2 Å². The molecule has 1 atom stereocenters. The number of hydrogen-bond donors (Lipinski definition) is 2. The summed E-state index contributed by atoms with van der Waals surface area (Å²) in [5.74, 6) is -0.809. The van der Waals surface area contributed by atoms with E-state index in [4.69, 9.17) is 10.2 Å². The molecule has 1 aliphatic heterocycles. The van der Waals surface area contributed by atoms with Crippen molar-refractivity contribution in [2.45, 2.75) is 18.2 Å². The third kappa shape index (κ3) is 2.71. The largest absolute Gasteiger partial charge is 0.481 e. The zero-order valence-electron chi connectivity index (χ0n) is 10.5. The Labute approximate surface area is 111 Å². The maximum atomic E-state index is 11.2. The Kier molecular flexibility index (Phi) is 3.27. The maximum absolute atomic E-state index is 11.2. The number of nitrogens with zero attached hydrogens (tertiary/aromatic N) is 1. The highest BCUT2D eigenvalue weighted by Gasteiger charge is 2.40. The molecule has 0 amide bonds. The van der Waals surface area contributed by atoms with E-state index in [-0.39, 0.29) is 4.90 Å². The zero-order chi connectivity index (χ0) is 14.3. The Bertz CT molecular complexity index is 597. The van der Waals surface area contributed by atoms with Gasteiger partial charge in [0.05, 0.1) is 10.3 Å². The molecule has 0 spiro atoms. The molecule has 0 saturated carbocycles. The molecule has 1 aromatic carbocycles. The first-order valence-electron chi connectivity index (χ1n) is 5.84. The molecule has 6 nitrogen and oxygen atoms in total. The number of aliphatic carboxylic acids is 1. The van der Waals surface area contributed by atoms with E-state index >= 15 is 0 Å². The number of sulfonamides is 1. The number of benzene rings is 1. The highest BCUT2D eigenvalue weighted by Crippen LogP contribution is 2.33. The van der Waals surface area contributed by atoms with Crippen molar-refractivity contribution in [3.05, 3.63) is 24.3 Å². The monoisotopic (exact) mass is 284 g/mol. The van der Waals surface area contributed by atoms with Crippen molar-refractivity contribution in [2.75, 3.05) is 18.0 Å². The van der Waals surface area contributed by atoms with Crippen LogP contribution in [0.4, 0.5) is 5.69 Å². The van der Waals surface area contributed by atoms with E-state index in [2.05, 4.69) is 0 Å². The van der Waals surface area contributed by atoms with Gasteiger partial charge in [-0.05, 0) is 37.6 Å². The van der Waals surface area contributed by atoms with Crippen LogP contribution in [0.3, 0.4) is 0 Å². The van der Waals surface area contributed by atoms with Gasteiger partial charge in [0, 0.05) is 18.8 Å². The molecule has 0 bridgehead atoms. The Hall–Kier alpha value is -1.60. The van der Waals surface area contributed by atoms with Gasteiger partial charge in [-0.3, -0.25) is 4.79 Å². The van der Waals surface area contributed by atoms with Gasteiger partial charge in [0.15, 0.2) is 0 Å². The van der Waals surface area contributed by atoms with Crippen molar-refractivity contribution in [3.63, 3.8) is 0 Å². The number of nitrogens with two attached hydrogens (primary N) is 1. The standard InChI is InChI=1S/C12H16N2O4S/c1-12(11(15)16)6-7-14(8-12)9-2-4-10(5-3-9)19(13,17)18/h2-5H,6-8H2,1H3,(H,15,16)(H2,13,17,18). The Morgan fingerprint density at radius 3 is 2.37 bits per heavy atom. The summed E-state index contributed by atoms with van der Waals surface area (Å²) in [6.45, 7) is 2.77. The lowest BCUT2D eigenvalue weighted by Crippen LogP contribution is -2.31. The van der Waals surface area contributed by atoms with E-state index in [1.54, 1.807) is 19.1 Å². The van der Waals surface area contributed by atoms with Gasteiger partial charge in [-0.25, -0.2) is 13.6 Å². The van der Waals surface area contributed by atoms with Crippen LogP contribution >= 0.6 is 0 Å². The molecule has 104 valence electrons. The van der Waals surface area contributed by atoms with Gasteiger partial charge < -0.3 is 10.0 Å². The number of carboxylic acid groups (broad SMARTS) is 1. The van der Waals surface area contributed by atoms with E-state index in [0.29, 0.717) is 19.5 Å². The van der Waals surface area contributed by atoms with Crippen molar-refractivity contribution >= 4 is 21.7 Å². The van der Waals surface area contributed by atoms with Gasteiger partial charge in [-0.1, -0.05) is 0 Å². The van der Waals surface area contributed by atoms with Crippen LogP contribution in [-0.4, -0.2) is 32.6 Å². The van der Waals surface area contributed by atoms with Crippen molar-refractivity contribution in [2.24, 2.45) is 10.6 Å². The summed E-state index contributed by atoms with van der Waals surface area (Å²) in [5.41, 5.74) is 0.0518. The summed E-state index contributed by atoms with van der Waals surface area (Å²) in [6.07, 6.45) is 0.569. The SMILES string of the molecule is CC1(C(=O)O)CCN(c2ccc(S(N)(=O)=O)cc2)C1. The molecule has 0 aliphatic carbocycles. The molecule has 3 N–H and O–H groups in total. The van der Waals surface area contributed by atoms with Crippen LogP contribution in [-0.2, 0) is 14.8 Å². The van der Waals surface area contributed by atoms with E-state index in [1.165, 1.54) is 12.1 Å². The molecule has 1 saturated heterocycles.